The second kappa shape index (κ2) is 7.48. The zero-order chi connectivity index (χ0) is 19.5. The molecule has 0 aliphatic carbocycles. The van der Waals surface area contributed by atoms with E-state index in [4.69, 9.17) is 4.74 Å². The summed E-state index contributed by atoms with van der Waals surface area (Å²) in [5, 5.41) is 3.72. The summed E-state index contributed by atoms with van der Waals surface area (Å²) in [7, 11) is 1.30. The molecule has 7 nitrogen and oxygen atoms in total. The van der Waals surface area contributed by atoms with E-state index in [1.165, 1.54) is 13.3 Å². The van der Waals surface area contributed by atoms with Gasteiger partial charge in [-0.3, -0.25) is 9.78 Å². The third kappa shape index (κ3) is 3.42. The maximum Gasteiger partial charge on any atom is 0.328 e. The predicted molar refractivity (Wildman–Crippen MR) is 105 cm³/mol. The number of carbonyl (C=O) groups is 2. The second-order valence-electron chi connectivity index (χ2n) is 6.36. The first-order valence-electron chi connectivity index (χ1n) is 8.81. The Morgan fingerprint density at radius 2 is 1.86 bits per heavy atom. The van der Waals surface area contributed by atoms with E-state index in [-0.39, 0.29) is 5.69 Å². The largest absolute Gasteiger partial charge is 0.467 e. The van der Waals surface area contributed by atoms with Crippen molar-refractivity contribution in [2.24, 2.45) is 0 Å². The van der Waals surface area contributed by atoms with E-state index in [2.05, 4.69) is 20.3 Å². The number of aromatic amines is 1. The van der Waals surface area contributed by atoms with E-state index in [0.29, 0.717) is 17.5 Å². The number of amides is 1. The molecule has 4 aromatic rings. The minimum Gasteiger partial charge on any atom is -0.467 e. The molecule has 0 bridgehead atoms. The van der Waals surface area contributed by atoms with Crippen LogP contribution in [0.25, 0.3) is 21.9 Å². The number of H-pyrrole nitrogens is 1. The number of ether oxygens (including phenoxy) is 1. The molecule has 2 aromatic heterocycles. The first kappa shape index (κ1) is 17.7. The van der Waals surface area contributed by atoms with Crippen LogP contribution in [-0.2, 0) is 16.0 Å². The summed E-state index contributed by atoms with van der Waals surface area (Å²) in [6.07, 6.45) is 3.53. The molecule has 1 atom stereocenters. The highest BCUT2D eigenvalue weighted by Crippen LogP contribution is 2.19. The Balaban J connectivity index is 1.58. The number of benzene rings is 2. The van der Waals surface area contributed by atoms with Crippen molar-refractivity contribution in [3.63, 3.8) is 0 Å². The molecule has 1 amide bonds. The maximum atomic E-state index is 12.7. The van der Waals surface area contributed by atoms with Crippen LogP contribution in [0.2, 0.25) is 0 Å². The molecule has 1 unspecified atom stereocenters. The summed E-state index contributed by atoms with van der Waals surface area (Å²) in [6.45, 7) is 0. The average Bonchev–Trinajstić information content (AvgIpc) is 3.15. The summed E-state index contributed by atoms with van der Waals surface area (Å²) in [6, 6.07) is 14.2. The van der Waals surface area contributed by atoms with Crippen LogP contribution in [0.15, 0.2) is 60.9 Å². The number of methoxy groups -OCH3 is 1. The van der Waals surface area contributed by atoms with E-state index in [9.17, 15) is 9.59 Å². The number of rotatable bonds is 5. The van der Waals surface area contributed by atoms with Crippen LogP contribution in [0.4, 0.5) is 0 Å². The Labute approximate surface area is 160 Å². The minimum atomic E-state index is -0.843. The Morgan fingerprint density at radius 1 is 1.11 bits per heavy atom. The highest BCUT2D eigenvalue weighted by Gasteiger charge is 2.24. The minimum absolute atomic E-state index is 0.145. The highest BCUT2D eigenvalue weighted by atomic mass is 16.5. The van der Waals surface area contributed by atoms with Crippen LogP contribution in [0.1, 0.15) is 16.1 Å². The van der Waals surface area contributed by atoms with Crippen LogP contribution in [-0.4, -0.2) is 40.0 Å². The first-order chi connectivity index (χ1) is 13.7. The average molecular weight is 374 g/mol. The fourth-order valence-electron chi connectivity index (χ4n) is 3.15. The molecule has 0 radical (unpaired) electrons. The van der Waals surface area contributed by atoms with Gasteiger partial charge in [0.05, 0.1) is 24.3 Å². The van der Waals surface area contributed by atoms with Crippen molar-refractivity contribution in [2.75, 3.05) is 7.11 Å². The lowest BCUT2D eigenvalue weighted by Crippen LogP contribution is -2.43. The molecule has 0 aliphatic heterocycles. The number of esters is 1. The van der Waals surface area contributed by atoms with Crippen LogP contribution in [0.3, 0.4) is 0 Å². The molecule has 7 heteroatoms. The van der Waals surface area contributed by atoms with Crippen LogP contribution in [0, 0.1) is 0 Å². The Bertz CT molecular complexity index is 1170. The van der Waals surface area contributed by atoms with E-state index < -0.39 is 17.9 Å². The molecule has 2 aromatic carbocycles. The molecular formula is C21H18N4O3. The monoisotopic (exact) mass is 374 g/mol. The van der Waals surface area contributed by atoms with Crippen molar-refractivity contribution in [3.8, 4) is 0 Å². The number of fused-ring (bicyclic) bond motifs is 2. The number of hydrogen-bond acceptors (Lipinski definition) is 5. The lowest BCUT2D eigenvalue weighted by molar-refractivity contribution is -0.142. The summed E-state index contributed by atoms with van der Waals surface area (Å²) in [4.78, 5) is 36.7. The lowest BCUT2D eigenvalue weighted by Gasteiger charge is -2.16. The van der Waals surface area contributed by atoms with Gasteiger partial charge < -0.3 is 15.0 Å². The molecule has 0 saturated heterocycles. The number of aromatic nitrogens is 3. The van der Waals surface area contributed by atoms with Crippen molar-refractivity contribution in [1.29, 1.82) is 0 Å². The summed E-state index contributed by atoms with van der Waals surface area (Å²) in [5.41, 5.74) is 3.33. The third-order valence-electron chi connectivity index (χ3n) is 4.57. The maximum absolute atomic E-state index is 12.7. The van der Waals surface area contributed by atoms with Crippen LogP contribution in [0.5, 0.6) is 0 Å². The Hall–Kier alpha value is -3.74. The third-order valence-corrected chi connectivity index (χ3v) is 4.57. The standard InChI is InChI=1S/C21H18N4O3/c1-28-21(27)18(10-13-11-22-15-7-3-2-6-14(13)15)25-20(26)19-12-23-16-8-4-5-9-17(16)24-19/h2-9,11-12,18,22H,10H2,1H3,(H,25,26). The van der Waals surface area contributed by atoms with E-state index >= 15 is 0 Å². The van der Waals surface area contributed by atoms with Gasteiger partial charge in [0, 0.05) is 23.5 Å². The van der Waals surface area contributed by atoms with Gasteiger partial charge in [0.15, 0.2) is 0 Å². The predicted octanol–water partition coefficient (Wildman–Crippen LogP) is 2.63. The van der Waals surface area contributed by atoms with Crippen molar-refractivity contribution in [1.82, 2.24) is 20.3 Å². The number of hydrogen-bond donors (Lipinski definition) is 2. The summed E-state index contributed by atoms with van der Waals surface area (Å²) in [5.74, 6) is -0.999. The SMILES string of the molecule is COC(=O)C(Cc1c[nH]c2ccccc12)NC(=O)c1cnc2ccccc2n1. The zero-order valence-electron chi connectivity index (χ0n) is 15.2. The Kier molecular flexibility index (Phi) is 4.72. The highest BCUT2D eigenvalue weighted by molar-refractivity contribution is 5.96. The van der Waals surface area contributed by atoms with Crippen molar-refractivity contribution >= 4 is 33.8 Å². The van der Waals surface area contributed by atoms with E-state index in [1.54, 1.807) is 6.07 Å². The lowest BCUT2D eigenvalue weighted by atomic mass is 10.0. The molecular weight excluding hydrogens is 356 g/mol. The van der Waals surface area contributed by atoms with Gasteiger partial charge in [0.25, 0.3) is 5.91 Å². The van der Waals surface area contributed by atoms with Gasteiger partial charge in [-0.05, 0) is 23.8 Å². The van der Waals surface area contributed by atoms with E-state index in [0.717, 1.165) is 16.5 Å². The Morgan fingerprint density at radius 3 is 2.68 bits per heavy atom. The second-order valence-corrected chi connectivity index (χ2v) is 6.36. The number of nitrogens with zero attached hydrogens (tertiary/aromatic N) is 2. The molecule has 0 spiro atoms. The van der Waals surface area contributed by atoms with Gasteiger partial charge in [-0.1, -0.05) is 30.3 Å². The van der Waals surface area contributed by atoms with Gasteiger partial charge in [0.1, 0.15) is 11.7 Å². The van der Waals surface area contributed by atoms with Crippen molar-refractivity contribution in [2.45, 2.75) is 12.5 Å². The number of nitrogens with one attached hydrogen (secondary N) is 2. The molecule has 140 valence electrons. The fraction of sp³-hybridized carbons (Fsp3) is 0.143. The quantitative estimate of drug-likeness (QED) is 0.524. The number of carbonyl (C=O) groups excluding carboxylic acids is 2. The van der Waals surface area contributed by atoms with E-state index in [1.807, 2.05) is 48.7 Å². The fourth-order valence-corrected chi connectivity index (χ4v) is 3.15. The summed E-state index contributed by atoms with van der Waals surface area (Å²) < 4.78 is 4.88. The normalized spacial score (nSPS) is 12.0. The molecule has 0 saturated carbocycles. The first-order valence-corrected chi connectivity index (χ1v) is 8.81. The smallest absolute Gasteiger partial charge is 0.328 e. The zero-order valence-corrected chi connectivity index (χ0v) is 15.2. The molecule has 2 N–H and O–H groups in total. The van der Waals surface area contributed by atoms with Crippen molar-refractivity contribution < 1.29 is 14.3 Å². The van der Waals surface area contributed by atoms with Crippen LogP contribution < -0.4 is 5.32 Å². The van der Waals surface area contributed by atoms with Gasteiger partial charge in [-0.2, -0.15) is 0 Å². The van der Waals surface area contributed by atoms with Gasteiger partial charge >= 0.3 is 5.97 Å². The van der Waals surface area contributed by atoms with Crippen molar-refractivity contribution in [3.05, 3.63) is 72.2 Å². The van der Waals surface area contributed by atoms with Gasteiger partial charge in [-0.25, -0.2) is 9.78 Å². The van der Waals surface area contributed by atoms with Gasteiger partial charge in [-0.15, -0.1) is 0 Å². The number of para-hydroxylation sites is 3. The molecule has 4 rings (SSSR count). The molecule has 0 aliphatic rings. The topological polar surface area (TPSA) is 97.0 Å². The van der Waals surface area contributed by atoms with Gasteiger partial charge in [0.2, 0.25) is 0 Å². The summed E-state index contributed by atoms with van der Waals surface area (Å²) >= 11 is 0. The molecule has 2 heterocycles. The van der Waals surface area contributed by atoms with Crippen LogP contribution >= 0.6 is 0 Å². The molecule has 28 heavy (non-hydrogen) atoms. The molecule has 0 fully saturated rings.